The number of nitrogens with one attached hydrogen (secondary N) is 2. The number of aliphatic hydroxyl groups is 4. The Labute approximate surface area is 784 Å². The Balaban J connectivity index is 0.000000238. The third-order valence-electron chi connectivity index (χ3n) is 27.9. The summed E-state index contributed by atoms with van der Waals surface area (Å²) < 4.78 is 84.6. The minimum absolute atomic E-state index is 0.0227. The van der Waals surface area contributed by atoms with Crippen LogP contribution in [-0.4, -0.2) is 200 Å². The van der Waals surface area contributed by atoms with Crippen molar-refractivity contribution in [3.63, 3.8) is 0 Å². The molecule has 6 fully saturated rings. The van der Waals surface area contributed by atoms with Crippen molar-refractivity contribution in [1.29, 1.82) is 0 Å². The summed E-state index contributed by atoms with van der Waals surface area (Å²) in [6, 6.07) is 38.5. The zero-order chi connectivity index (χ0) is 97.7. The average Bonchev–Trinajstić information content (AvgIpc) is 0.676. The van der Waals surface area contributed by atoms with Gasteiger partial charge in [0.05, 0.1) is 77.0 Å². The molecule has 2 unspecified atom stereocenters. The molecule has 32 nitrogen and oxygen atoms in total. The number of ether oxygens (including phenoxy) is 14. The number of Topliss-reactive ketones (excluding diaryl/α,β-unsaturated/α-hetero) is 2. The summed E-state index contributed by atoms with van der Waals surface area (Å²) in [5, 5.41) is 60.9. The van der Waals surface area contributed by atoms with E-state index >= 15 is 4.79 Å². The number of amides is 2. The highest BCUT2D eigenvalue weighted by Gasteiger charge is 2.81. The molecular weight excluding hydrogens is 1770 g/mol. The van der Waals surface area contributed by atoms with Gasteiger partial charge in [0.2, 0.25) is 0 Å². The van der Waals surface area contributed by atoms with Gasteiger partial charge in [-0.3, -0.25) is 28.8 Å². The van der Waals surface area contributed by atoms with Gasteiger partial charge in [-0.05, 0) is 164 Å². The lowest BCUT2D eigenvalue weighted by molar-refractivity contribution is -0.346. The van der Waals surface area contributed by atoms with E-state index in [-0.39, 0.29) is 72.7 Å². The Kier molecular flexibility index (Phi) is 28.8. The number of fused-ring (bicyclic) bond motifs is 10. The molecule has 2 amide bonds. The van der Waals surface area contributed by atoms with Gasteiger partial charge in [0.25, 0.3) is 0 Å². The number of carbonyl (C=O) groups is 12. The minimum atomic E-state index is -2.48. The fourth-order valence-electron chi connectivity index (χ4n) is 20.9. The summed E-state index contributed by atoms with van der Waals surface area (Å²) in [7, 11) is 0. The Morgan fingerprint density at radius 2 is 0.866 bits per heavy atom. The number of carbonyl (C=O) groups excluding carboxylic acids is 12. The number of hydrogen-bond donors (Lipinski definition) is 6. The molecule has 14 rings (SSSR count). The van der Waals surface area contributed by atoms with Crippen LogP contribution in [0.3, 0.4) is 0 Å². The van der Waals surface area contributed by atoms with E-state index in [0.29, 0.717) is 20.9 Å². The second-order valence-electron chi connectivity index (χ2n) is 39.3. The first-order valence-electron chi connectivity index (χ1n) is 44.6. The summed E-state index contributed by atoms with van der Waals surface area (Å²) in [6.45, 7) is 26.9. The maximum atomic E-state index is 16.6. The molecule has 2 aromatic heterocycles. The van der Waals surface area contributed by atoms with Crippen molar-refractivity contribution in [1.82, 2.24) is 10.6 Å². The van der Waals surface area contributed by atoms with Gasteiger partial charge in [0.1, 0.15) is 84.4 Å². The largest absolute Gasteiger partial charge is 0.509 e. The fraction of sp³-hybridized carbons (Fsp3) is 0.520. The second-order valence-corrected chi connectivity index (χ2v) is 41.2. The summed E-state index contributed by atoms with van der Waals surface area (Å²) in [5.74, 6) is -12.1. The highest BCUT2D eigenvalue weighted by molar-refractivity contribution is 7.10. The zero-order valence-corrected chi connectivity index (χ0v) is 79.8. The van der Waals surface area contributed by atoms with Gasteiger partial charge in [0.15, 0.2) is 28.9 Å². The van der Waals surface area contributed by atoms with Crippen LogP contribution in [0.1, 0.15) is 204 Å². The molecule has 34 heteroatoms. The number of aliphatic hydroxyl groups excluding tert-OH is 2. The van der Waals surface area contributed by atoms with Gasteiger partial charge in [-0.1, -0.05) is 137 Å². The van der Waals surface area contributed by atoms with Gasteiger partial charge < -0.3 is 97.4 Å². The average molecular weight is 1890 g/mol. The number of rotatable bonds is 22. The lowest BCUT2D eigenvalue weighted by Gasteiger charge is -2.67. The molecule has 22 atom stereocenters. The topological polar surface area (TPSA) is 439 Å². The summed E-state index contributed by atoms with van der Waals surface area (Å²) >= 11 is 2.59. The van der Waals surface area contributed by atoms with Crippen molar-refractivity contribution < 1.29 is 144 Å². The molecule has 134 heavy (non-hydrogen) atoms. The monoisotopic (exact) mass is 1890 g/mol. The normalized spacial score (nSPS) is 30.6. The lowest BCUT2D eigenvalue weighted by Crippen LogP contribution is -2.82. The molecule has 4 bridgehead atoms. The molecule has 6 aromatic rings. The van der Waals surface area contributed by atoms with Crippen molar-refractivity contribution in [3.8, 4) is 0 Å². The molecule has 8 aliphatic rings. The van der Waals surface area contributed by atoms with E-state index in [1.807, 2.05) is 0 Å². The van der Waals surface area contributed by atoms with Crippen molar-refractivity contribution in [3.05, 3.63) is 211 Å². The number of esters is 6. The molecule has 2 saturated heterocycles. The summed E-state index contributed by atoms with van der Waals surface area (Å²) in [6.07, 6.45) is -21.0. The van der Waals surface area contributed by atoms with E-state index in [0.717, 1.165) is 6.92 Å². The van der Waals surface area contributed by atoms with Crippen molar-refractivity contribution in [2.45, 2.75) is 270 Å². The van der Waals surface area contributed by atoms with Crippen LogP contribution in [0.25, 0.3) is 0 Å². The molecule has 0 spiro atoms. The Hall–Kier alpha value is -11.2. The van der Waals surface area contributed by atoms with Crippen molar-refractivity contribution in [2.75, 3.05) is 13.2 Å². The standard InChI is InChI=1S/C58H65NO17S.C42H53NO13S/c1-33-39(71-49(62)34(2)44(40-26-19-27-77-40)59-51(64)76-54(4,5)6)29-58(67)48(74-50(63)38-24-17-12-18-25-38)46-56(9,47(61)45(43(33)55(58,7)8)73-53(66)69-31-37-22-15-11-16-23-37)41(28-42-57(46,32-70-42)75-35(3)60)72-52(65)68-30-36-20-13-10-14-21-36;1-21-25(53-35(48)22(2)30(26-16-13-17-57-26)43-37(50)56-38(4,5)6)19-42(51)34(54-36(49)24-14-11-10-12-15-24)32-40(9,33(47)31(46)29(21)39(42,7)8)27(45)18-28-41(32,20-52-28)55-23(3)44/h10-27,34,39,41-42,44-46,48,67H,28-32H2,1-9H3,(H,59,64);10-17,22,25,27-28,30-32,34,45-46,51H,18-20H2,1-9H3,(H,43,50)/t34-,39+,41+,42-,44-,45-,46?,48+,56-,57+,58-;22-,25+,27+,28-,30-,31-,32?,34+,40-,41+,42-/m11/s1. The molecule has 4 heterocycles. The first kappa shape index (κ1) is 100. The van der Waals surface area contributed by atoms with Crippen LogP contribution < -0.4 is 10.6 Å². The van der Waals surface area contributed by atoms with Gasteiger partial charge in [-0.15, -0.1) is 22.7 Å². The van der Waals surface area contributed by atoms with Crippen molar-refractivity contribution in [2.24, 2.45) is 45.3 Å². The maximum Gasteiger partial charge on any atom is 0.509 e. The van der Waals surface area contributed by atoms with E-state index < -0.39 is 237 Å². The molecular formula is C100H118N2O30S2. The predicted octanol–water partition coefficient (Wildman–Crippen LogP) is 13.9. The lowest BCUT2D eigenvalue weighted by atomic mass is 9.44. The Morgan fingerprint density at radius 3 is 1.25 bits per heavy atom. The number of ketones is 2. The third kappa shape index (κ3) is 19.1. The number of thiophene rings is 2. The van der Waals surface area contributed by atoms with Crippen LogP contribution in [0.2, 0.25) is 0 Å². The molecule has 0 radical (unpaired) electrons. The van der Waals surface area contributed by atoms with E-state index in [2.05, 4.69) is 10.6 Å². The molecule has 6 aliphatic carbocycles. The van der Waals surface area contributed by atoms with Gasteiger partial charge in [0, 0.05) is 60.1 Å². The maximum absolute atomic E-state index is 16.6. The van der Waals surface area contributed by atoms with Crippen LogP contribution in [0, 0.1) is 45.3 Å². The SMILES string of the molecule is CC(=O)O[C@@]12CO[C@@H]1C[C@H](O)[C@@]1(C)C(=O)[C@H](O)C3=C(C)[C@@H](OC(=O)[C@H](C)[C@@H](NC(=O)OC(C)(C)C)c4cccs4)C[C@@](O)([C@@H](OC(=O)c4ccccc4)C12)C3(C)C.CC(=O)O[C@@]12CO[C@@H]1C[C@H](OC(=O)OCc1ccccc1)[C@@]1(C)C(=O)[C@H](OC(=O)OCc3ccccc3)C3=C(C)[C@@H](OC(=O)[C@H](C)[C@@H](NC(=O)OC(C)(C)C)c4cccs4)C[C@@](O)([C@@H](OC(=O)c4ccccc4)C12)C3(C)C. The highest BCUT2D eigenvalue weighted by atomic mass is 32.1. The quantitative estimate of drug-likeness (QED) is 0.0209. The Bertz CT molecular complexity index is 5460. The molecule has 4 aromatic carbocycles. The van der Waals surface area contributed by atoms with Crippen LogP contribution in [-0.2, 0) is 108 Å². The predicted molar refractivity (Wildman–Crippen MR) is 480 cm³/mol. The Morgan fingerprint density at radius 1 is 0.485 bits per heavy atom. The van der Waals surface area contributed by atoms with E-state index in [9.17, 15) is 73.2 Å². The van der Waals surface area contributed by atoms with Crippen LogP contribution in [0.5, 0.6) is 0 Å². The minimum Gasteiger partial charge on any atom is -0.457 e. The fourth-order valence-corrected chi connectivity index (χ4v) is 22.7. The number of alkyl carbamates (subject to hydrolysis) is 2. The van der Waals surface area contributed by atoms with Gasteiger partial charge >= 0.3 is 60.3 Å². The first-order chi connectivity index (χ1) is 62.9. The van der Waals surface area contributed by atoms with Crippen molar-refractivity contribution >= 4 is 94.6 Å². The molecule has 720 valence electrons. The van der Waals surface area contributed by atoms with Crippen LogP contribution >= 0.6 is 22.7 Å². The molecule has 2 aliphatic heterocycles. The molecule has 6 N–H and O–H groups in total. The zero-order valence-electron chi connectivity index (χ0n) is 78.1. The first-order valence-corrected chi connectivity index (χ1v) is 46.3. The smallest absolute Gasteiger partial charge is 0.457 e. The van der Waals surface area contributed by atoms with Crippen LogP contribution in [0.4, 0.5) is 19.2 Å². The number of hydrogen-bond acceptors (Lipinski definition) is 32. The van der Waals surface area contributed by atoms with Gasteiger partial charge in [-0.2, -0.15) is 0 Å². The number of benzene rings is 4. The van der Waals surface area contributed by atoms with Gasteiger partial charge in [-0.25, -0.2) is 28.8 Å². The summed E-state index contributed by atoms with van der Waals surface area (Å²) in [4.78, 5) is 172. The van der Waals surface area contributed by atoms with Crippen LogP contribution in [0.15, 0.2) is 179 Å². The van der Waals surface area contributed by atoms with E-state index in [4.69, 9.17) is 66.3 Å². The molecule has 4 saturated carbocycles. The third-order valence-corrected chi connectivity index (χ3v) is 29.9. The summed E-state index contributed by atoms with van der Waals surface area (Å²) in [5.41, 5.74) is -15.8. The van der Waals surface area contributed by atoms with E-state index in [1.165, 1.54) is 67.7 Å². The highest BCUT2D eigenvalue weighted by Crippen LogP contribution is 2.68. The van der Waals surface area contributed by atoms with E-state index in [1.54, 1.807) is 229 Å². The second kappa shape index (κ2) is 38.5.